The topological polar surface area (TPSA) is 121 Å². The van der Waals surface area contributed by atoms with E-state index in [0.29, 0.717) is 29.1 Å². The van der Waals surface area contributed by atoms with Gasteiger partial charge >= 0.3 is 0 Å². The number of benzene rings is 1. The second kappa shape index (κ2) is 7.93. The summed E-state index contributed by atoms with van der Waals surface area (Å²) >= 11 is 1.44. The molecule has 1 atom stereocenters. The van der Waals surface area contributed by atoms with Crippen LogP contribution >= 0.6 is 11.3 Å². The van der Waals surface area contributed by atoms with Crippen LogP contribution in [0.4, 0.5) is 10.2 Å². The Labute approximate surface area is 176 Å². The van der Waals surface area contributed by atoms with Gasteiger partial charge in [-0.3, -0.25) is 0 Å². The number of anilines is 1. The van der Waals surface area contributed by atoms with Crippen molar-refractivity contribution in [1.29, 1.82) is 10.7 Å². The molecule has 1 aliphatic heterocycles. The lowest BCUT2D eigenvalue weighted by Gasteiger charge is -2.21. The van der Waals surface area contributed by atoms with Crippen molar-refractivity contribution in [3.05, 3.63) is 64.2 Å². The van der Waals surface area contributed by atoms with Crippen LogP contribution in [0.2, 0.25) is 0 Å². The van der Waals surface area contributed by atoms with Crippen LogP contribution in [-0.4, -0.2) is 16.2 Å². The second-order valence-electron chi connectivity index (χ2n) is 6.63. The zero-order valence-corrected chi connectivity index (χ0v) is 16.8. The standard InChI is InChI=1S/C21H17FN6OS/c1-11-16-5-14(22)2-3-15(16)20-17(28-10-30-20)9-26-19(13(6-23)7-24)12-4-18(29-11)21(25)27-8-12/h2-6,8,10-11,23,26H,9H2,1H3,(H2,25,27)/b19-13+,23-6?. The number of aromatic nitrogens is 2. The lowest BCUT2D eigenvalue weighted by Crippen LogP contribution is -2.17. The smallest absolute Gasteiger partial charge is 0.166 e. The van der Waals surface area contributed by atoms with Crippen molar-refractivity contribution in [1.82, 2.24) is 15.3 Å². The minimum atomic E-state index is -0.525. The maximum Gasteiger partial charge on any atom is 0.166 e. The molecule has 0 spiro atoms. The van der Waals surface area contributed by atoms with E-state index < -0.39 is 6.10 Å². The number of nitrogens with two attached hydrogens (primary N) is 1. The maximum absolute atomic E-state index is 14.1. The van der Waals surface area contributed by atoms with E-state index in [1.54, 1.807) is 17.6 Å². The summed E-state index contributed by atoms with van der Waals surface area (Å²) < 4.78 is 20.1. The average molecular weight is 420 g/mol. The molecule has 0 amide bonds. The van der Waals surface area contributed by atoms with E-state index in [0.717, 1.165) is 22.3 Å². The van der Waals surface area contributed by atoms with Crippen molar-refractivity contribution in [2.45, 2.75) is 19.6 Å². The predicted octanol–water partition coefficient (Wildman–Crippen LogP) is 4.05. The van der Waals surface area contributed by atoms with Gasteiger partial charge in [0, 0.05) is 29.1 Å². The SMILES string of the molecule is CC1Oc2cc(cnc2N)/C(=C(\C#N)C=N)NCc2ncsc2-c2ccc(F)cc21. The zero-order valence-electron chi connectivity index (χ0n) is 15.9. The Bertz CT molecular complexity index is 1210. The van der Waals surface area contributed by atoms with Gasteiger partial charge in [0.2, 0.25) is 0 Å². The lowest BCUT2D eigenvalue weighted by atomic mass is 10.00. The molecule has 2 bridgehead atoms. The number of halogens is 1. The fourth-order valence-electron chi connectivity index (χ4n) is 3.32. The molecule has 3 aromatic rings. The van der Waals surface area contributed by atoms with Gasteiger partial charge in [-0.1, -0.05) is 6.07 Å². The number of allylic oxidation sites excluding steroid dienone is 1. The molecule has 4 N–H and O–H groups in total. The van der Waals surface area contributed by atoms with E-state index in [1.807, 2.05) is 13.0 Å². The largest absolute Gasteiger partial charge is 0.482 e. The Hall–Kier alpha value is -3.77. The fraction of sp³-hybridized carbons (Fsp3) is 0.143. The van der Waals surface area contributed by atoms with Gasteiger partial charge in [-0.05, 0) is 25.1 Å². The van der Waals surface area contributed by atoms with Crippen LogP contribution in [0.5, 0.6) is 5.75 Å². The zero-order chi connectivity index (χ0) is 21.3. The van der Waals surface area contributed by atoms with Crippen molar-refractivity contribution >= 4 is 29.1 Å². The highest BCUT2D eigenvalue weighted by molar-refractivity contribution is 7.13. The maximum atomic E-state index is 14.1. The molecule has 9 heteroatoms. The monoisotopic (exact) mass is 420 g/mol. The molecule has 0 saturated heterocycles. The summed E-state index contributed by atoms with van der Waals surface area (Å²) in [5, 5.41) is 20.3. The van der Waals surface area contributed by atoms with Crippen LogP contribution in [0.15, 0.2) is 41.5 Å². The van der Waals surface area contributed by atoms with Crippen LogP contribution < -0.4 is 15.8 Å². The Kier molecular flexibility index (Phi) is 5.16. The predicted molar refractivity (Wildman–Crippen MR) is 113 cm³/mol. The number of thiazole rings is 1. The van der Waals surface area contributed by atoms with Crippen LogP contribution in [-0.2, 0) is 6.54 Å². The molecule has 150 valence electrons. The molecule has 0 aliphatic carbocycles. The van der Waals surface area contributed by atoms with Crippen LogP contribution in [0, 0.1) is 22.6 Å². The third-order valence-corrected chi connectivity index (χ3v) is 5.68. The molecule has 3 heterocycles. The van der Waals surface area contributed by atoms with E-state index in [4.69, 9.17) is 15.9 Å². The van der Waals surface area contributed by atoms with Gasteiger partial charge in [-0.15, -0.1) is 11.3 Å². The third kappa shape index (κ3) is 3.49. The molecule has 30 heavy (non-hydrogen) atoms. The van der Waals surface area contributed by atoms with E-state index in [-0.39, 0.29) is 17.2 Å². The van der Waals surface area contributed by atoms with Gasteiger partial charge in [0.25, 0.3) is 0 Å². The van der Waals surface area contributed by atoms with Crippen LogP contribution in [0.3, 0.4) is 0 Å². The molecular weight excluding hydrogens is 403 g/mol. The Balaban J connectivity index is 1.95. The number of hydrogen-bond donors (Lipinski definition) is 3. The number of nitrogens with one attached hydrogen (secondary N) is 2. The van der Waals surface area contributed by atoms with Crippen molar-refractivity contribution in [2.75, 3.05) is 5.73 Å². The molecule has 1 aliphatic rings. The van der Waals surface area contributed by atoms with E-state index in [1.165, 1.54) is 29.7 Å². The summed E-state index contributed by atoms with van der Waals surface area (Å²) in [5.41, 5.74) is 11.0. The summed E-state index contributed by atoms with van der Waals surface area (Å²) in [4.78, 5) is 9.49. The first kappa shape index (κ1) is 19.5. The van der Waals surface area contributed by atoms with Gasteiger partial charge < -0.3 is 21.2 Å². The normalized spacial score (nSPS) is 17.0. The summed E-state index contributed by atoms with van der Waals surface area (Å²) in [6.45, 7) is 2.11. The van der Waals surface area contributed by atoms with Gasteiger partial charge in [0.1, 0.15) is 18.0 Å². The molecular formula is C21H17FN6OS. The summed E-state index contributed by atoms with van der Waals surface area (Å²) in [5.74, 6) is 0.115. The van der Waals surface area contributed by atoms with Gasteiger partial charge in [-0.25, -0.2) is 14.4 Å². The molecule has 0 saturated carbocycles. The third-order valence-electron chi connectivity index (χ3n) is 4.78. The van der Waals surface area contributed by atoms with Gasteiger partial charge in [0.15, 0.2) is 11.6 Å². The quantitative estimate of drug-likeness (QED) is 0.403. The van der Waals surface area contributed by atoms with Crippen molar-refractivity contribution in [3.8, 4) is 22.3 Å². The summed E-state index contributed by atoms with van der Waals surface area (Å²) in [6.07, 6.45) is 1.97. The number of nitrogen functional groups attached to an aromatic ring is 1. The Morgan fingerprint density at radius 2 is 2.27 bits per heavy atom. The molecule has 0 radical (unpaired) electrons. The van der Waals surface area contributed by atoms with Crippen LogP contribution in [0.1, 0.15) is 29.8 Å². The van der Waals surface area contributed by atoms with E-state index >= 15 is 0 Å². The first-order valence-electron chi connectivity index (χ1n) is 9.05. The lowest BCUT2D eigenvalue weighted by molar-refractivity contribution is 0.227. The highest BCUT2D eigenvalue weighted by Gasteiger charge is 2.22. The molecule has 0 fully saturated rings. The number of rotatable bonds is 1. The molecule has 2 aromatic heterocycles. The van der Waals surface area contributed by atoms with Gasteiger partial charge in [-0.2, -0.15) is 5.26 Å². The number of hydrogen-bond acceptors (Lipinski definition) is 8. The Morgan fingerprint density at radius 1 is 1.43 bits per heavy atom. The highest BCUT2D eigenvalue weighted by Crippen LogP contribution is 2.37. The number of fused-ring (bicyclic) bond motifs is 5. The second-order valence-corrected chi connectivity index (χ2v) is 7.48. The minimum Gasteiger partial charge on any atom is -0.482 e. The number of ether oxygens (including phenoxy) is 1. The number of nitriles is 1. The molecule has 1 unspecified atom stereocenters. The first-order chi connectivity index (χ1) is 14.5. The molecule has 1 aromatic carbocycles. The van der Waals surface area contributed by atoms with Crippen molar-refractivity contribution < 1.29 is 9.13 Å². The summed E-state index contributed by atoms with van der Waals surface area (Å²) in [6, 6.07) is 8.24. The van der Waals surface area contributed by atoms with E-state index in [9.17, 15) is 9.65 Å². The fourth-order valence-corrected chi connectivity index (χ4v) is 4.18. The molecule has 7 nitrogen and oxygen atoms in total. The highest BCUT2D eigenvalue weighted by atomic mass is 32.1. The number of nitrogens with zero attached hydrogens (tertiary/aromatic N) is 3. The Morgan fingerprint density at radius 3 is 3.03 bits per heavy atom. The average Bonchev–Trinajstić information content (AvgIpc) is 3.20. The molecule has 4 rings (SSSR count). The number of pyridine rings is 1. The van der Waals surface area contributed by atoms with Crippen LogP contribution in [0.25, 0.3) is 16.1 Å². The first-order valence-corrected chi connectivity index (χ1v) is 9.93. The minimum absolute atomic E-state index is 0.136. The van der Waals surface area contributed by atoms with E-state index in [2.05, 4.69) is 15.3 Å². The summed E-state index contributed by atoms with van der Waals surface area (Å²) in [7, 11) is 0. The van der Waals surface area contributed by atoms with Crippen molar-refractivity contribution in [2.24, 2.45) is 0 Å². The van der Waals surface area contributed by atoms with Crippen molar-refractivity contribution in [3.63, 3.8) is 0 Å². The van der Waals surface area contributed by atoms with Gasteiger partial charge in [0.05, 0.1) is 33.9 Å².